The molecule has 29 heavy (non-hydrogen) atoms. The first-order valence-electron chi connectivity index (χ1n) is 9.20. The number of aliphatic hydroxyl groups excluding tert-OH is 1. The number of nitrogens with zero attached hydrogens (tertiary/aromatic N) is 2. The standard InChI is InChI=1S/C22H24N2O5/c1-23(2)10-11-24-19(14-6-4-8-16(25)12-14)18(21(27)22(24)28)20(26)15-7-5-9-17(13-15)29-3/h4-9,12-13,19,25-26H,10-11H2,1-3H3/b20-18-. The summed E-state index contributed by atoms with van der Waals surface area (Å²) in [5.74, 6) is -1.17. The third kappa shape index (κ3) is 4.09. The van der Waals surface area contributed by atoms with Crippen molar-refractivity contribution in [1.82, 2.24) is 9.80 Å². The van der Waals surface area contributed by atoms with Crippen molar-refractivity contribution in [2.75, 3.05) is 34.3 Å². The van der Waals surface area contributed by atoms with Gasteiger partial charge in [0.25, 0.3) is 11.7 Å². The molecule has 1 saturated heterocycles. The second-order valence-corrected chi connectivity index (χ2v) is 7.12. The zero-order chi connectivity index (χ0) is 21.1. The predicted molar refractivity (Wildman–Crippen MR) is 109 cm³/mol. The quantitative estimate of drug-likeness (QED) is 0.443. The summed E-state index contributed by atoms with van der Waals surface area (Å²) in [6.45, 7) is 0.842. The fraction of sp³-hybridized carbons (Fsp3) is 0.273. The van der Waals surface area contributed by atoms with Gasteiger partial charge >= 0.3 is 0 Å². The van der Waals surface area contributed by atoms with Crippen LogP contribution in [0.15, 0.2) is 54.1 Å². The number of likely N-dealkylation sites (tertiary alicyclic amines) is 1. The van der Waals surface area contributed by atoms with Crippen molar-refractivity contribution >= 4 is 17.4 Å². The first-order valence-corrected chi connectivity index (χ1v) is 9.20. The molecule has 0 bridgehead atoms. The lowest BCUT2D eigenvalue weighted by Crippen LogP contribution is -2.35. The lowest BCUT2D eigenvalue weighted by Gasteiger charge is -2.26. The van der Waals surface area contributed by atoms with Crippen LogP contribution in [0.3, 0.4) is 0 Å². The molecule has 7 nitrogen and oxygen atoms in total. The molecule has 1 fully saturated rings. The maximum atomic E-state index is 12.9. The number of aliphatic hydroxyl groups is 1. The number of hydrogen-bond donors (Lipinski definition) is 2. The van der Waals surface area contributed by atoms with Crippen molar-refractivity contribution in [3.8, 4) is 11.5 Å². The van der Waals surface area contributed by atoms with Gasteiger partial charge in [-0.25, -0.2) is 0 Å². The Labute approximate surface area is 169 Å². The fourth-order valence-electron chi connectivity index (χ4n) is 3.39. The Morgan fingerprint density at radius 3 is 2.52 bits per heavy atom. The van der Waals surface area contributed by atoms with Gasteiger partial charge in [0, 0.05) is 18.7 Å². The van der Waals surface area contributed by atoms with Crippen LogP contribution in [-0.2, 0) is 9.59 Å². The van der Waals surface area contributed by atoms with Crippen LogP contribution in [0.25, 0.3) is 5.76 Å². The van der Waals surface area contributed by atoms with Gasteiger partial charge in [-0.3, -0.25) is 9.59 Å². The number of phenolic OH excluding ortho intramolecular Hbond substituents is 1. The fourth-order valence-corrected chi connectivity index (χ4v) is 3.39. The average molecular weight is 396 g/mol. The second kappa shape index (κ2) is 8.36. The number of amides is 1. The van der Waals surface area contributed by atoms with Gasteiger partial charge in [-0.15, -0.1) is 0 Å². The highest BCUT2D eigenvalue weighted by atomic mass is 16.5. The molecule has 1 heterocycles. The Balaban J connectivity index is 2.16. The zero-order valence-corrected chi connectivity index (χ0v) is 16.6. The Kier molecular flexibility index (Phi) is 5.89. The third-order valence-corrected chi connectivity index (χ3v) is 4.86. The number of rotatable bonds is 6. The van der Waals surface area contributed by atoms with Crippen LogP contribution in [-0.4, -0.2) is 66.0 Å². The summed E-state index contributed by atoms with van der Waals surface area (Å²) in [6, 6.07) is 12.2. The highest BCUT2D eigenvalue weighted by Crippen LogP contribution is 2.40. The van der Waals surface area contributed by atoms with Crippen molar-refractivity contribution in [2.45, 2.75) is 6.04 Å². The molecule has 1 aliphatic heterocycles. The van der Waals surface area contributed by atoms with E-state index in [0.29, 0.717) is 30.0 Å². The molecule has 0 aromatic heterocycles. The van der Waals surface area contributed by atoms with E-state index in [1.165, 1.54) is 24.1 Å². The number of phenols is 1. The molecule has 1 amide bonds. The molecule has 7 heteroatoms. The number of hydrogen-bond acceptors (Lipinski definition) is 6. The number of Topliss-reactive ketones (excluding diaryl/α,β-unsaturated/α-hetero) is 1. The van der Waals surface area contributed by atoms with Gasteiger partial charge < -0.3 is 24.7 Å². The molecule has 2 aromatic carbocycles. The normalized spacial score (nSPS) is 18.5. The summed E-state index contributed by atoms with van der Waals surface area (Å²) in [6.07, 6.45) is 0. The average Bonchev–Trinajstić information content (AvgIpc) is 2.96. The number of carbonyl (C=O) groups is 2. The van der Waals surface area contributed by atoms with Crippen LogP contribution >= 0.6 is 0 Å². The molecule has 0 aliphatic carbocycles. The van der Waals surface area contributed by atoms with Gasteiger partial charge in [0.1, 0.15) is 17.3 Å². The molecule has 0 spiro atoms. The van der Waals surface area contributed by atoms with Gasteiger partial charge in [0.15, 0.2) is 0 Å². The largest absolute Gasteiger partial charge is 0.508 e. The number of ether oxygens (including phenoxy) is 1. The molecule has 0 saturated carbocycles. The molecule has 1 unspecified atom stereocenters. The molecule has 2 aromatic rings. The van der Waals surface area contributed by atoms with Crippen molar-refractivity contribution in [2.24, 2.45) is 0 Å². The molecule has 1 atom stereocenters. The van der Waals surface area contributed by atoms with Crippen molar-refractivity contribution in [3.05, 3.63) is 65.2 Å². The van der Waals surface area contributed by atoms with E-state index in [2.05, 4.69) is 0 Å². The SMILES string of the molecule is COc1cccc(/C(O)=C2/C(=O)C(=O)N(CCN(C)C)C2c2cccc(O)c2)c1. The van der Waals surface area contributed by atoms with E-state index in [1.807, 2.05) is 19.0 Å². The first kappa shape index (κ1) is 20.4. The van der Waals surface area contributed by atoms with Gasteiger partial charge in [-0.05, 0) is 43.9 Å². The number of likely N-dealkylation sites (N-methyl/N-ethyl adjacent to an activating group) is 1. The van der Waals surface area contributed by atoms with Crippen LogP contribution in [0.2, 0.25) is 0 Å². The summed E-state index contributed by atoms with van der Waals surface area (Å²) >= 11 is 0. The van der Waals surface area contributed by atoms with E-state index in [4.69, 9.17) is 4.74 Å². The lowest BCUT2D eigenvalue weighted by atomic mass is 9.95. The summed E-state index contributed by atoms with van der Waals surface area (Å²) in [5, 5.41) is 20.9. The van der Waals surface area contributed by atoms with E-state index in [9.17, 15) is 19.8 Å². The Morgan fingerprint density at radius 1 is 1.14 bits per heavy atom. The van der Waals surface area contributed by atoms with Gasteiger partial charge in [0.2, 0.25) is 0 Å². The van der Waals surface area contributed by atoms with E-state index < -0.39 is 17.7 Å². The smallest absolute Gasteiger partial charge is 0.295 e. The van der Waals surface area contributed by atoms with Crippen molar-refractivity contribution in [1.29, 1.82) is 0 Å². The van der Waals surface area contributed by atoms with Gasteiger partial charge in [0.05, 0.1) is 18.7 Å². The van der Waals surface area contributed by atoms with Crippen LogP contribution < -0.4 is 4.74 Å². The maximum Gasteiger partial charge on any atom is 0.295 e. The Bertz CT molecular complexity index is 967. The number of aromatic hydroxyl groups is 1. The first-order chi connectivity index (χ1) is 13.8. The summed E-state index contributed by atoms with van der Waals surface area (Å²) in [5.41, 5.74) is 0.917. The molecular weight excluding hydrogens is 372 g/mol. The van der Waals surface area contributed by atoms with Crippen LogP contribution in [0.1, 0.15) is 17.2 Å². The molecule has 1 aliphatic rings. The highest BCUT2D eigenvalue weighted by Gasteiger charge is 2.46. The number of benzene rings is 2. The van der Waals surface area contributed by atoms with Crippen molar-refractivity contribution < 1.29 is 24.5 Å². The van der Waals surface area contributed by atoms with E-state index in [0.717, 1.165) is 0 Å². The van der Waals surface area contributed by atoms with E-state index in [1.54, 1.807) is 36.4 Å². The second-order valence-electron chi connectivity index (χ2n) is 7.12. The predicted octanol–water partition coefficient (Wildman–Crippen LogP) is 2.38. The van der Waals surface area contributed by atoms with E-state index in [-0.39, 0.29) is 17.1 Å². The minimum absolute atomic E-state index is 0.00684. The molecule has 2 N–H and O–H groups in total. The monoisotopic (exact) mass is 396 g/mol. The minimum atomic E-state index is -0.798. The number of ketones is 1. The van der Waals surface area contributed by atoms with Crippen LogP contribution in [0.5, 0.6) is 11.5 Å². The molecular formula is C22H24N2O5. The van der Waals surface area contributed by atoms with Crippen LogP contribution in [0, 0.1) is 0 Å². The third-order valence-electron chi connectivity index (χ3n) is 4.86. The zero-order valence-electron chi connectivity index (χ0n) is 16.6. The summed E-state index contributed by atoms with van der Waals surface area (Å²) in [7, 11) is 5.25. The lowest BCUT2D eigenvalue weighted by molar-refractivity contribution is -0.140. The topological polar surface area (TPSA) is 90.3 Å². The Hall–Kier alpha value is -3.32. The summed E-state index contributed by atoms with van der Waals surface area (Å²) < 4.78 is 5.19. The molecule has 3 rings (SSSR count). The van der Waals surface area contributed by atoms with Gasteiger partial charge in [-0.1, -0.05) is 24.3 Å². The van der Waals surface area contributed by atoms with Crippen molar-refractivity contribution in [3.63, 3.8) is 0 Å². The Morgan fingerprint density at radius 2 is 1.86 bits per heavy atom. The van der Waals surface area contributed by atoms with Gasteiger partial charge in [-0.2, -0.15) is 0 Å². The number of methoxy groups -OCH3 is 1. The maximum absolute atomic E-state index is 12.9. The minimum Gasteiger partial charge on any atom is -0.508 e. The molecule has 0 radical (unpaired) electrons. The highest BCUT2D eigenvalue weighted by molar-refractivity contribution is 6.46. The summed E-state index contributed by atoms with van der Waals surface area (Å²) in [4.78, 5) is 29.0. The number of carbonyl (C=O) groups excluding carboxylic acids is 2. The van der Waals surface area contributed by atoms with Crippen LogP contribution in [0.4, 0.5) is 0 Å². The molecule has 152 valence electrons. The van der Waals surface area contributed by atoms with E-state index >= 15 is 0 Å².